The van der Waals surface area contributed by atoms with Gasteiger partial charge in [0, 0.05) is 30.6 Å². The summed E-state index contributed by atoms with van der Waals surface area (Å²) < 4.78 is 11.5. The topological polar surface area (TPSA) is 55.6 Å². The van der Waals surface area contributed by atoms with Gasteiger partial charge in [0.25, 0.3) is 5.91 Å². The number of ether oxygens (including phenoxy) is 1. The van der Waals surface area contributed by atoms with Crippen LogP contribution in [0.25, 0.3) is 0 Å². The molecule has 1 atom stereocenters. The van der Waals surface area contributed by atoms with Crippen LogP contribution in [0.2, 0.25) is 0 Å². The van der Waals surface area contributed by atoms with Crippen LogP contribution in [0.15, 0.2) is 41.1 Å². The second-order valence-corrected chi connectivity index (χ2v) is 8.03. The first-order chi connectivity index (χ1) is 11.7. The number of nitrogens with zero attached hydrogens (tertiary/aromatic N) is 2. The summed E-state index contributed by atoms with van der Waals surface area (Å²) >= 11 is 1.93. The van der Waals surface area contributed by atoms with Crippen molar-refractivity contribution >= 4 is 17.7 Å². The van der Waals surface area contributed by atoms with Crippen LogP contribution in [0.4, 0.5) is 0 Å². The number of aromatic nitrogens is 1. The lowest BCUT2D eigenvalue weighted by molar-refractivity contribution is 0.0233. The number of carbonyl (C=O) groups excluding carboxylic acids is 1. The van der Waals surface area contributed by atoms with Gasteiger partial charge in [0.15, 0.2) is 5.76 Å². The molecule has 0 saturated carbocycles. The minimum atomic E-state index is 0.00146. The van der Waals surface area contributed by atoms with Crippen molar-refractivity contribution in [3.05, 3.63) is 53.7 Å². The van der Waals surface area contributed by atoms with E-state index < -0.39 is 0 Å². The van der Waals surface area contributed by atoms with E-state index in [0.29, 0.717) is 12.4 Å². The molecule has 0 aromatic carbocycles. The second-order valence-electron chi connectivity index (χ2n) is 6.55. The van der Waals surface area contributed by atoms with Crippen LogP contribution < -0.4 is 0 Å². The van der Waals surface area contributed by atoms with Crippen molar-refractivity contribution in [2.24, 2.45) is 0 Å². The molecule has 0 bridgehead atoms. The number of aryl methyl sites for hydroxylation is 1. The average Bonchev–Trinajstić information content (AvgIpc) is 3.18. The predicted molar refractivity (Wildman–Crippen MR) is 92.0 cm³/mol. The van der Waals surface area contributed by atoms with Gasteiger partial charge in [-0.3, -0.25) is 9.78 Å². The highest BCUT2D eigenvalue weighted by Crippen LogP contribution is 2.46. The Balaban J connectivity index is 1.29. The summed E-state index contributed by atoms with van der Waals surface area (Å²) in [6, 6.07) is 7.69. The van der Waals surface area contributed by atoms with E-state index in [0.717, 1.165) is 36.5 Å². The summed E-state index contributed by atoms with van der Waals surface area (Å²) in [6.07, 6.45) is 4.59. The summed E-state index contributed by atoms with van der Waals surface area (Å²) in [5.41, 5.74) is 1.86. The maximum atomic E-state index is 12.4. The van der Waals surface area contributed by atoms with Gasteiger partial charge >= 0.3 is 0 Å². The molecular weight excluding hydrogens is 324 g/mol. The van der Waals surface area contributed by atoms with Crippen LogP contribution in [0.3, 0.4) is 0 Å². The van der Waals surface area contributed by atoms with Crippen molar-refractivity contribution in [1.29, 1.82) is 0 Å². The van der Waals surface area contributed by atoms with E-state index in [2.05, 4.69) is 4.98 Å². The molecule has 0 aliphatic carbocycles. The SMILES string of the molecule is Cc1ccoc1C(=O)N1CC2(C[C@@H](OCc3ccccn3)CS2)C1. The molecule has 1 amide bonds. The van der Waals surface area contributed by atoms with Crippen molar-refractivity contribution in [2.75, 3.05) is 18.8 Å². The fraction of sp³-hybridized carbons (Fsp3) is 0.444. The molecule has 4 rings (SSSR count). The van der Waals surface area contributed by atoms with Gasteiger partial charge in [-0.15, -0.1) is 11.8 Å². The number of amides is 1. The van der Waals surface area contributed by atoms with Crippen LogP contribution in [0.1, 0.15) is 28.2 Å². The van der Waals surface area contributed by atoms with Gasteiger partial charge in [-0.1, -0.05) is 6.07 Å². The van der Waals surface area contributed by atoms with E-state index in [1.54, 1.807) is 12.5 Å². The Hall–Kier alpha value is -1.79. The zero-order chi connectivity index (χ0) is 16.6. The molecule has 24 heavy (non-hydrogen) atoms. The zero-order valence-electron chi connectivity index (χ0n) is 13.6. The van der Waals surface area contributed by atoms with Crippen molar-refractivity contribution in [3.63, 3.8) is 0 Å². The van der Waals surface area contributed by atoms with Gasteiger partial charge in [0.1, 0.15) is 0 Å². The standard InChI is InChI=1S/C18H20N2O3S/c1-13-5-7-22-16(13)17(21)20-11-18(12-20)8-15(10-24-18)23-9-14-4-2-3-6-19-14/h2-7,15H,8-12H2,1H3/t15-/m1/s1. The zero-order valence-corrected chi connectivity index (χ0v) is 14.4. The van der Waals surface area contributed by atoms with E-state index >= 15 is 0 Å². The Morgan fingerprint density at radius 1 is 1.46 bits per heavy atom. The Bertz CT molecular complexity index is 725. The predicted octanol–water partition coefficient (Wildman–Crippen LogP) is 2.90. The fourth-order valence-corrected chi connectivity index (χ4v) is 4.90. The number of hydrogen-bond acceptors (Lipinski definition) is 5. The van der Waals surface area contributed by atoms with E-state index in [4.69, 9.17) is 9.15 Å². The molecule has 2 aliphatic rings. The maximum Gasteiger partial charge on any atom is 0.289 e. The van der Waals surface area contributed by atoms with Crippen LogP contribution in [-0.4, -0.2) is 45.5 Å². The molecule has 2 aliphatic heterocycles. The van der Waals surface area contributed by atoms with Gasteiger partial charge in [-0.2, -0.15) is 0 Å². The first-order valence-corrected chi connectivity index (χ1v) is 9.13. The average molecular weight is 344 g/mol. The number of rotatable bonds is 4. The van der Waals surface area contributed by atoms with Gasteiger partial charge < -0.3 is 14.1 Å². The van der Waals surface area contributed by atoms with Crippen LogP contribution in [0.5, 0.6) is 0 Å². The monoisotopic (exact) mass is 344 g/mol. The van der Waals surface area contributed by atoms with E-state index in [9.17, 15) is 4.79 Å². The number of pyridine rings is 1. The van der Waals surface area contributed by atoms with Crippen LogP contribution >= 0.6 is 11.8 Å². The minimum absolute atomic E-state index is 0.00146. The molecule has 4 heterocycles. The summed E-state index contributed by atoms with van der Waals surface area (Å²) in [4.78, 5) is 18.6. The molecule has 0 N–H and O–H groups in total. The first kappa shape index (κ1) is 15.7. The number of thioether (sulfide) groups is 1. The normalized spacial score (nSPS) is 21.9. The lowest BCUT2D eigenvalue weighted by Gasteiger charge is -2.47. The van der Waals surface area contributed by atoms with Crippen molar-refractivity contribution in [1.82, 2.24) is 9.88 Å². The van der Waals surface area contributed by atoms with Gasteiger partial charge in [0.05, 0.1) is 29.4 Å². The highest BCUT2D eigenvalue weighted by atomic mass is 32.2. The number of furan rings is 1. The van der Waals surface area contributed by atoms with E-state index in [1.807, 2.05) is 47.9 Å². The Morgan fingerprint density at radius 2 is 2.33 bits per heavy atom. The molecule has 2 fully saturated rings. The molecular formula is C18H20N2O3S. The molecule has 0 unspecified atom stereocenters. The van der Waals surface area contributed by atoms with Crippen molar-refractivity contribution in [3.8, 4) is 0 Å². The molecule has 2 aromatic rings. The van der Waals surface area contributed by atoms with Crippen molar-refractivity contribution in [2.45, 2.75) is 30.8 Å². The third-order valence-corrected chi connectivity index (χ3v) is 6.25. The quantitative estimate of drug-likeness (QED) is 0.854. The Labute approximate surface area is 145 Å². The molecule has 126 valence electrons. The van der Waals surface area contributed by atoms with Crippen LogP contribution in [0, 0.1) is 6.92 Å². The summed E-state index contributed by atoms with van der Waals surface area (Å²) in [5, 5.41) is 0. The fourth-order valence-electron chi connectivity index (χ4n) is 3.35. The summed E-state index contributed by atoms with van der Waals surface area (Å²) in [5.74, 6) is 1.45. The molecule has 1 spiro atoms. The number of carbonyl (C=O) groups is 1. The third kappa shape index (κ3) is 2.96. The molecule has 0 radical (unpaired) electrons. The number of hydrogen-bond donors (Lipinski definition) is 0. The Morgan fingerprint density at radius 3 is 3.04 bits per heavy atom. The first-order valence-electron chi connectivity index (χ1n) is 8.14. The van der Waals surface area contributed by atoms with Crippen molar-refractivity contribution < 1.29 is 13.9 Å². The molecule has 5 nitrogen and oxygen atoms in total. The second kappa shape index (κ2) is 6.26. The molecule has 2 saturated heterocycles. The van der Waals surface area contributed by atoms with Gasteiger partial charge in [-0.25, -0.2) is 0 Å². The largest absolute Gasteiger partial charge is 0.459 e. The lowest BCUT2D eigenvalue weighted by atomic mass is 9.92. The number of likely N-dealkylation sites (tertiary alicyclic amines) is 1. The maximum absolute atomic E-state index is 12.4. The molecule has 2 aromatic heterocycles. The van der Waals surface area contributed by atoms with Crippen LogP contribution in [-0.2, 0) is 11.3 Å². The van der Waals surface area contributed by atoms with Gasteiger partial charge in [0.2, 0.25) is 0 Å². The Kier molecular flexibility index (Phi) is 4.10. The van der Waals surface area contributed by atoms with Gasteiger partial charge in [-0.05, 0) is 31.5 Å². The summed E-state index contributed by atoms with van der Waals surface area (Å²) in [6.45, 7) is 4.01. The minimum Gasteiger partial charge on any atom is -0.459 e. The highest BCUT2D eigenvalue weighted by Gasteiger charge is 2.51. The van der Waals surface area contributed by atoms with E-state index in [1.165, 1.54) is 0 Å². The highest BCUT2D eigenvalue weighted by molar-refractivity contribution is 8.01. The smallest absolute Gasteiger partial charge is 0.289 e. The lowest BCUT2D eigenvalue weighted by Crippen LogP contribution is -2.60. The summed E-state index contributed by atoms with van der Waals surface area (Å²) in [7, 11) is 0. The molecule has 6 heteroatoms. The third-order valence-electron chi connectivity index (χ3n) is 4.67. The van der Waals surface area contributed by atoms with E-state index in [-0.39, 0.29) is 16.8 Å².